The van der Waals surface area contributed by atoms with E-state index < -0.39 is 46.9 Å². The van der Waals surface area contributed by atoms with Crippen molar-refractivity contribution in [1.29, 1.82) is 0 Å². The van der Waals surface area contributed by atoms with Gasteiger partial charge in [-0.25, -0.2) is 4.39 Å². The molecule has 1 aromatic heterocycles. The summed E-state index contributed by atoms with van der Waals surface area (Å²) in [6.07, 6.45) is -0.747. The van der Waals surface area contributed by atoms with E-state index >= 15 is 0 Å². The molecular weight excluding hydrogens is 399 g/mol. The van der Waals surface area contributed by atoms with Crippen LogP contribution in [0.1, 0.15) is 30.3 Å². The van der Waals surface area contributed by atoms with Crippen molar-refractivity contribution in [2.24, 2.45) is 11.8 Å². The molecule has 0 saturated carbocycles. The third kappa shape index (κ3) is 4.47. The smallest absolute Gasteiger partial charge is 0.321 e. The Hall–Kier alpha value is -2.36. The van der Waals surface area contributed by atoms with Gasteiger partial charge in [0.2, 0.25) is 6.04 Å². The maximum absolute atomic E-state index is 14.0. The van der Waals surface area contributed by atoms with Crippen LogP contribution in [-0.2, 0) is 16.1 Å². The third-order valence-electron chi connectivity index (χ3n) is 5.26. The standard InChI is InChI=1S/C20H23FN2O5S/c1-11(2)19(28-10-12-6-3-4-7-13(12)21)15-17(20(24)25)22-16(18(15)23(26)27)14-8-5-9-29-14/h3-9,11,15-19,22H,10H2,1-2H3,(H,24,25)/t15-,16-,17+,18+,19+/m1/s1. The highest BCUT2D eigenvalue weighted by molar-refractivity contribution is 7.10. The number of carboxylic acids is 1. The van der Waals surface area contributed by atoms with Crippen molar-refractivity contribution in [3.05, 3.63) is 68.2 Å². The molecule has 5 atom stereocenters. The molecule has 1 aliphatic heterocycles. The Labute approximate surface area is 171 Å². The number of nitro groups is 1. The maximum Gasteiger partial charge on any atom is 0.321 e. The van der Waals surface area contributed by atoms with Crippen molar-refractivity contribution in [1.82, 2.24) is 5.32 Å². The number of hydrogen-bond donors (Lipinski definition) is 2. The molecular formula is C20H23FN2O5S. The molecule has 0 spiro atoms. The minimum absolute atomic E-state index is 0.0908. The summed E-state index contributed by atoms with van der Waals surface area (Å²) in [6.45, 7) is 3.55. The van der Waals surface area contributed by atoms with Gasteiger partial charge in [-0.05, 0) is 23.4 Å². The fourth-order valence-corrected chi connectivity index (χ4v) is 4.80. The van der Waals surface area contributed by atoms with Crippen LogP contribution >= 0.6 is 11.3 Å². The van der Waals surface area contributed by atoms with Gasteiger partial charge in [-0.15, -0.1) is 11.3 Å². The van der Waals surface area contributed by atoms with E-state index in [9.17, 15) is 24.4 Å². The van der Waals surface area contributed by atoms with Crippen molar-refractivity contribution in [2.45, 2.75) is 44.7 Å². The molecule has 0 radical (unpaired) electrons. The second-order valence-electron chi connectivity index (χ2n) is 7.44. The minimum Gasteiger partial charge on any atom is -0.480 e. The van der Waals surface area contributed by atoms with Gasteiger partial charge in [-0.1, -0.05) is 38.1 Å². The second-order valence-corrected chi connectivity index (χ2v) is 8.42. The molecule has 2 N–H and O–H groups in total. The molecule has 9 heteroatoms. The lowest BCUT2D eigenvalue weighted by Crippen LogP contribution is -2.47. The summed E-state index contributed by atoms with van der Waals surface area (Å²) in [5, 5.41) is 26.5. The first-order chi connectivity index (χ1) is 13.8. The number of aliphatic carboxylic acids is 1. The Kier molecular flexibility index (Phi) is 6.61. The molecule has 0 unspecified atom stereocenters. The summed E-state index contributed by atoms with van der Waals surface area (Å²) in [6, 6.07) is 6.61. The molecule has 1 aromatic carbocycles. The van der Waals surface area contributed by atoms with Gasteiger partial charge in [0.05, 0.1) is 18.6 Å². The van der Waals surface area contributed by atoms with Crippen LogP contribution in [0.4, 0.5) is 4.39 Å². The first-order valence-electron chi connectivity index (χ1n) is 9.32. The largest absolute Gasteiger partial charge is 0.480 e. The lowest BCUT2D eigenvalue weighted by Gasteiger charge is -2.30. The Morgan fingerprint density at radius 1 is 1.34 bits per heavy atom. The van der Waals surface area contributed by atoms with E-state index in [1.807, 2.05) is 13.8 Å². The van der Waals surface area contributed by atoms with Crippen LogP contribution < -0.4 is 5.32 Å². The highest BCUT2D eigenvalue weighted by Gasteiger charge is 2.58. The third-order valence-corrected chi connectivity index (χ3v) is 6.22. The van der Waals surface area contributed by atoms with E-state index in [1.54, 1.807) is 35.7 Å². The molecule has 7 nitrogen and oxygen atoms in total. The van der Waals surface area contributed by atoms with Gasteiger partial charge in [0.15, 0.2) is 0 Å². The Balaban J connectivity index is 1.93. The van der Waals surface area contributed by atoms with Gasteiger partial charge in [0.25, 0.3) is 0 Å². The number of benzene rings is 1. The van der Waals surface area contributed by atoms with Gasteiger partial charge < -0.3 is 9.84 Å². The number of hydrogen-bond acceptors (Lipinski definition) is 6. The van der Waals surface area contributed by atoms with E-state index in [-0.39, 0.29) is 12.5 Å². The summed E-state index contributed by atoms with van der Waals surface area (Å²) in [4.78, 5) is 24.2. The molecule has 2 heterocycles. The summed E-state index contributed by atoms with van der Waals surface area (Å²) in [5.74, 6) is -2.72. The van der Waals surface area contributed by atoms with Crippen LogP contribution in [0.25, 0.3) is 0 Å². The van der Waals surface area contributed by atoms with Crippen molar-refractivity contribution < 1.29 is 24.0 Å². The van der Waals surface area contributed by atoms with Crippen LogP contribution in [0.15, 0.2) is 41.8 Å². The average Bonchev–Trinajstić information content (AvgIpc) is 3.30. The Morgan fingerprint density at radius 2 is 2.07 bits per heavy atom. The van der Waals surface area contributed by atoms with E-state index in [0.717, 1.165) is 0 Å². The quantitative estimate of drug-likeness (QED) is 0.499. The summed E-state index contributed by atoms with van der Waals surface area (Å²) in [7, 11) is 0. The first-order valence-corrected chi connectivity index (χ1v) is 10.2. The van der Waals surface area contributed by atoms with Gasteiger partial charge in [-0.2, -0.15) is 0 Å². The second kappa shape index (κ2) is 8.98. The maximum atomic E-state index is 14.0. The van der Waals surface area contributed by atoms with Gasteiger partial charge in [0, 0.05) is 15.4 Å². The van der Waals surface area contributed by atoms with Crippen LogP contribution in [0, 0.1) is 27.8 Å². The molecule has 2 aromatic rings. The van der Waals surface area contributed by atoms with Gasteiger partial charge >= 0.3 is 5.97 Å². The van der Waals surface area contributed by atoms with Gasteiger partial charge in [0.1, 0.15) is 17.9 Å². The molecule has 1 saturated heterocycles. The van der Waals surface area contributed by atoms with Crippen LogP contribution in [-0.4, -0.2) is 34.2 Å². The van der Waals surface area contributed by atoms with Crippen molar-refractivity contribution >= 4 is 17.3 Å². The lowest BCUT2D eigenvalue weighted by atomic mass is 9.83. The number of nitrogens with zero attached hydrogens (tertiary/aromatic N) is 1. The Morgan fingerprint density at radius 3 is 2.62 bits per heavy atom. The topological polar surface area (TPSA) is 102 Å². The predicted octanol–water partition coefficient (Wildman–Crippen LogP) is 3.49. The first kappa shape index (κ1) is 21.4. The number of thiophene rings is 1. The fraction of sp³-hybridized carbons (Fsp3) is 0.450. The van der Waals surface area contributed by atoms with E-state index in [4.69, 9.17) is 4.74 Å². The van der Waals surface area contributed by atoms with E-state index in [0.29, 0.717) is 10.4 Å². The van der Waals surface area contributed by atoms with Crippen LogP contribution in [0.5, 0.6) is 0 Å². The zero-order valence-electron chi connectivity index (χ0n) is 16.0. The normalized spacial score (nSPS) is 25.2. The predicted molar refractivity (Wildman–Crippen MR) is 106 cm³/mol. The van der Waals surface area contributed by atoms with Gasteiger partial charge in [-0.3, -0.25) is 20.2 Å². The number of halogens is 1. The van der Waals surface area contributed by atoms with Crippen molar-refractivity contribution in [3.8, 4) is 0 Å². The molecule has 1 aliphatic rings. The molecule has 0 bridgehead atoms. The number of carboxylic acid groups (broad SMARTS) is 1. The van der Waals surface area contributed by atoms with E-state index in [1.165, 1.54) is 17.4 Å². The SMILES string of the molecule is CC(C)[C@H](OCc1ccccc1F)[C@H]1[C@H]([N+](=O)[O-])[C@@H](c2cccs2)N[C@@H]1C(=O)O. The summed E-state index contributed by atoms with van der Waals surface area (Å²) >= 11 is 1.34. The van der Waals surface area contributed by atoms with Crippen LogP contribution in [0.3, 0.4) is 0 Å². The fourth-order valence-electron chi connectivity index (χ4n) is 3.97. The molecule has 3 rings (SSSR count). The Bertz CT molecular complexity index is 860. The number of rotatable bonds is 8. The minimum atomic E-state index is -1.18. The number of nitrogens with one attached hydrogen (secondary N) is 1. The summed E-state index contributed by atoms with van der Waals surface area (Å²) in [5.41, 5.74) is 0.323. The van der Waals surface area contributed by atoms with E-state index in [2.05, 4.69) is 5.32 Å². The lowest BCUT2D eigenvalue weighted by molar-refractivity contribution is -0.535. The average molecular weight is 422 g/mol. The van der Waals surface area contributed by atoms with Crippen LogP contribution in [0.2, 0.25) is 0 Å². The molecule has 29 heavy (non-hydrogen) atoms. The zero-order valence-corrected chi connectivity index (χ0v) is 16.8. The zero-order chi connectivity index (χ0) is 21.1. The summed E-state index contributed by atoms with van der Waals surface area (Å²) < 4.78 is 19.9. The molecule has 0 amide bonds. The molecule has 0 aliphatic carbocycles. The van der Waals surface area contributed by atoms with Crippen molar-refractivity contribution in [3.63, 3.8) is 0 Å². The number of ether oxygens (including phenoxy) is 1. The highest BCUT2D eigenvalue weighted by Crippen LogP contribution is 2.40. The van der Waals surface area contributed by atoms with Crippen molar-refractivity contribution in [2.75, 3.05) is 0 Å². The molecule has 156 valence electrons. The molecule has 1 fully saturated rings. The number of carbonyl (C=O) groups is 1. The highest BCUT2D eigenvalue weighted by atomic mass is 32.1. The monoisotopic (exact) mass is 422 g/mol.